The number of nitrogens with one attached hydrogen (secondary N) is 1. The minimum Gasteiger partial charge on any atom is -0.389 e. The molecule has 0 saturated carbocycles. The van der Waals surface area contributed by atoms with Crippen LogP contribution in [-0.4, -0.2) is 10.9 Å². The van der Waals surface area contributed by atoms with Gasteiger partial charge >= 0.3 is 0 Å². The molecule has 3 nitrogen and oxygen atoms in total. The molecular weight excluding hydrogens is 334 g/mol. The Labute approximate surface area is 135 Å². The summed E-state index contributed by atoms with van der Waals surface area (Å²) in [5.74, 6) is -1.15. The highest BCUT2D eigenvalue weighted by molar-refractivity contribution is 7.80. The van der Waals surface area contributed by atoms with Gasteiger partial charge in [0.25, 0.3) is 5.91 Å². The number of carbonyl (C=O) groups is 1. The molecule has 0 spiro atoms. The number of hydrogen-bond acceptors (Lipinski definition) is 2. The van der Waals surface area contributed by atoms with E-state index in [1.54, 1.807) is 12.1 Å². The maximum atomic E-state index is 13.7. The van der Waals surface area contributed by atoms with Crippen LogP contribution in [0.15, 0.2) is 36.4 Å². The molecule has 0 fully saturated rings. The van der Waals surface area contributed by atoms with Crippen LogP contribution in [-0.2, 0) is 0 Å². The summed E-state index contributed by atoms with van der Waals surface area (Å²) in [4.78, 5) is 12.1. The summed E-state index contributed by atoms with van der Waals surface area (Å²) >= 11 is 16.6. The van der Waals surface area contributed by atoms with E-state index in [4.69, 9.17) is 41.2 Å². The van der Waals surface area contributed by atoms with Crippen LogP contribution in [0.25, 0.3) is 0 Å². The molecule has 0 aliphatic carbocycles. The van der Waals surface area contributed by atoms with E-state index in [9.17, 15) is 9.18 Å². The highest BCUT2D eigenvalue weighted by atomic mass is 35.5. The van der Waals surface area contributed by atoms with E-state index < -0.39 is 11.7 Å². The molecule has 7 heteroatoms. The van der Waals surface area contributed by atoms with E-state index in [0.717, 1.165) is 0 Å². The zero-order valence-corrected chi connectivity index (χ0v) is 12.8. The zero-order chi connectivity index (χ0) is 15.6. The van der Waals surface area contributed by atoms with Crippen LogP contribution < -0.4 is 11.1 Å². The predicted octanol–water partition coefficient (Wildman–Crippen LogP) is 4.02. The summed E-state index contributed by atoms with van der Waals surface area (Å²) in [7, 11) is 0. The lowest BCUT2D eigenvalue weighted by molar-refractivity contribution is 0.102. The summed E-state index contributed by atoms with van der Waals surface area (Å²) < 4.78 is 13.7. The number of rotatable bonds is 3. The second-order valence-corrected chi connectivity index (χ2v) is 5.31. The van der Waals surface area contributed by atoms with Gasteiger partial charge < -0.3 is 11.1 Å². The van der Waals surface area contributed by atoms with Crippen LogP contribution >= 0.6 is 35.4 Å². The van der Waals surface area contributed by atoms with Gasteiger partial charge in [-0.15, -0.1) is 0 Å². The fourth-order valence-electron chi connectivity index (χ4n) is 1.75. The Balaban J connectivity index is 2.39. The number of amides is 1. The molecule has 0 atom stereocenters. The highest BCUT2D eigenvalue weighted by Crippen LogP contribution is 2.27. The van der Waals surface area contributed by atoms with E-state index >= 15 is 0 Å². The molecular formula is C14H9Cl2FN2OS. The first-order chi connectivity index (χ1) is 9.91. The minimum atomic E-state index is -0.613. The smallest absolute Gasteiger partial charge is 0.257 e. The van der Waals surface area contributed by atoms with E-state index in [2.05, 4.69) is 5.32 Å². The Morgan fingerprint density at radius 1 is 1.19 bits per heavy atom. The van der Waals surface area contributed by atoms with Gasteiger partial charge in [-0.05, 0) is 24.3 Å². The largest absolute Gasteiger partial charge is 0.389 e. The molecule has 2 rings (SSSR count). The molecule has 21 heavy (non-hydrogen) atoms. The fourth-order valence-corrected chi connectivity index (χ4v) is 2.34. The van der Waals surface area contributed by atoms with Gasteiger partial charge in [-0.1, -0.05) is 47.6 Å². The third kappa shape index (κ3) is 3.32. The fraction of sp³-hybridized carbons (Fsp3) is 0. The predicted molar refractivity (Wildman–Crippen MR) is 86.7 cm³/mol. The standard InChI is InChI=1S/C14H9Cl2FN2OS/c15-8-4-1-3-7(12(8)16)14(20)19-10-6-2-5-9(17)11(10)13(18)21/h1-6H,(H2,18,21)(H,19,20). The number of nitrogens with two attached hydrogens (primary N) is 1. The van der Waals surface area contributed by atoms with Gasteiger partial charge in [0.15, 0.2) is 0 Å². The molecule has 2 aromatic rings. The summed E-state index contributed by atoms with van der Waals surface area (Å²) in [5, 5.41) is 2.89. The molecule has 0 aliphatic rings. The summed E-state index contributed by atoms with van der Waals surface area (Å²) in [6, 6.07) is 8.78. The molecule has 2 aromatic carbocycles. The van der Waals surface area contributed by atoms with E-state index in [1.807, 2.05) is 0 Å². The maximum Gasteiger partial charge on any atom is 0.257 e. The summed E-state index contributed by atoms with van der Waals surface area (Å²) in [6.07, 6.45) is 0. The van der Waals surface area contributed by atoms with Crippen molar-refractivity contribution in [1.29, 1.82) is 0 Å². The van der Waals surface area contributed by atoms with Crippen LogP contribution in [0.3, 0.4) is 0 Å². The molecule has 0 radical (unpaired) electrons. The average Bonchev–Trinajstić information content (AvgIpc) is 2.41. The van der Waals surface area contributed by atoms with E-state index in [-0.39, 0.29) is 31.8 Å². The molecule has 0 unspecified atom stereocenters. The van der Waals surface area contributed by atoms with Crippen LogP contribution in [0.5, 0.6) is 0 Å². The molecule has 0 aliphatic heterocycles. The number of carbonyl (C=O) groups excluding carboxylic acids is 1. The molecule has 0 saturated heterocycles. The van der Waals surface area contributed by atoms with Gasteiger partial charge in [0.2, 0.25) is 0 Å². The quantitative estimate of drug-likeness (QED) is 0.828. The molecule has 0 bridgehead atoms. The Morgan fingerprint density at radius 3 is 2.52 bits per heavy atom. The third-order valence-corrected chi connectivity index (χ3v) is 3.73. The normalized spacial score (nSPS) is 10.2. The zero-order valence-electron chi connectivity index (χ0n) is 10.5. The van der Waals surface area contributed by atoms with Crippen LogP contribution in [0.2, 0.25) is 10.0 Å². The molecule has 1 amide bonds. The molecule has 3 N–H and O–H groups in total. The van der Waals surface area contributed by atoms with Crippen molar-refractivity contribution >= 4 is 52.0 Å². The lowest BCUT2D eigenvalue weighted by atomic mass is 10.1. The molecule has 108 valence electrons. The van der Waals surface area contributed by atoms with Gasteiger partial charge in [0.05, 0.1) is 26.9 Å². The van der Waals surface area contributed by atoms with Crippen molar-refractivity contribution in [1.82, 2.24) is 0 Å². The van der Waals surface area contributed by atoms with Crippen molar-refractivity contribution in [3.8, 4) is 0 Å². The number of hydrogen-bond donors (Lipinski definition) is 2. The second-order valence-electron chi connectivity index (χ2n) is 4.08. The van der Waals surface area contributed by atoms with Crippen molar-refractivity contribution in [2.75, 3.05) is 5.32 Å². The van der Waals surface area contributed by atoms with Crippen molar-refractivity contribution in [2.45, 2.75) is 0 Å². The maximum absolute atomic E-state index is 13.7. The number of anilines is 1. The third-order valence-electron chi connectivity index (χ3n) is 2.70. The second kappa shape index (κ2) is 6.39. The number of thiocarbonyl (C=S) groups is 1. The van der Waals surface area contributed by atoms with Crippen molar-refractivity contribution < 1.29 is 9.18 Å². The van der Waals surface area contributed by atoms with E-state index in [0.29, 0.717) is 0 Å². The summed E-state index contributed by atoms with van der Waals surface area (Å²) in [6.45, 7) is 0. The minimum absolute atomic E-state index is 0.0287. The Morgan fingerprint density at radius 2 is 1.86 bits per heavy atom. The highest BCUT2D eigenvalue weighted by Gasteiger charge is 2.17. The first kappa shape index (κ1) is 15.7. The Kier molecular flexibility index (Phi) is 4.77. The van der Waals surface area contributed by atoms with Gasteiger partial charge in [-0.25, -0.2) is 4.39 Å². The van der Waals surface area contributed by atoms with Crippen molar-refractivity contribution in [3.63, 3.8) is 0 Å². The van der Waals surface area contributed by atoms with Gasteiger partial charge in [-0.3, -0.25) is 4.79 Å². The lowest BCUT2D eigenvalue weighted by Gasteiger charge is -2.12. The van der Waals surface area contributed by atoms with Crippen LogP contribution in [0.4, 0.5) is 10.1 Å². The summed E-state index contributed by atoms with van der Waals surface area (Å²) in [5.41, 5.74) is 5.79. The van der Waals surface area contributed by atoms with Crippen molar-refractivity contribution in [3.05, 3.63) is 63.4 Å². The topological polar surface area (TPSA) is 55.1 Å². The first-order valence-corrected chi connectivity index (χ1v) is 6.92. The van der Waals surface area contributed by atoms with Crippen molar-refractivity contribution in [2.24, 2.45) is 5.73 Å². The average molecular weight is 343 g/mol. The molecule has 0 aromatic heterocycles. The van der Waals surface area contributed by atoms with Gasteiger partial charge in [0, 0.05) is 0 Å². The van der Waals surface area contributed by atoms with Gasteiger partial charge in [-0.2, -0.15) is 0 Å². The monoisotopic (exact) mass is 342 g/mol. The first-order valence-electron chi connectivity index (χ1n) is 5.75. The van der Waals surface area contributed by atoms with Crippen LogP contribution in [0.1, 0.15) is 15.9 Å². The number of halogens is 3. The van der Waals surface area contributed by atoms with E-state index in [1.165, 1.54) is 24.3 Å². The number of benzene rings is 2. The molecule has 0 heterocycles. The van der Waals surface area contributed by atoms with Crippen LogP contribution in [0, 0.1) is 5.82 Å². The lowest BCUT2D eigenvalue weighted by Crippen LogP contribution is -2.19. The van der Waals surface area contributed by atoms with Gasteiger partial charge in [0.1, 0.15) is 10.8 Å². The Bertz CT molecular complexity index is 737. The SMILES string of the molecule is NC(=S)c1c(F)cccc1NC(=O)c1cccc(Cl)c1Cl. The Hall–Kier alpha value is -1.69.